The van der Waals surface area contributed by atoms with Gasteiger partial charge in [0.1, 0.15) is 12.0 Å². The Bertz CT molecular complexity index is 904. The Morgan fingerprint density at radius 3 is 2.67 bits per heavy atom. The molecule has 2 heterocycles. The molecular formula is C21H22ClN3O2. The van der Waals surface area contributed by atoms with Gasteiger partial charge in [-0.05, 0) is 30.3 Å². The third kappa shape index (κ3) is 4.26. The first-order chi connectivity index (χ1) is 13.2. The number of methoxy groups -OCH3 is 1. The predicted molar refractivity (Wildman–Crippen MR) is 107 cm³/mol. The molecule has 4 rings (SSSR count). The van der Waals surface area contributed by atoms with Gasteiger partial charge < -0.3 is 14.1 Å². The number of hydrogen-bond donors (Lipinski definition) is 0. The summed E-state index contributed by atoms with van der Waals surface area (Å²) < 4.78 is 11.0. The first-order valence-corrected chi connectivity index (χ1v) is 9.41. The summed E-state index contributed by atoms with van der Waals surface area (Å²) in [6.45, 7) is 4.71. The number of halogens is 1. The molecule has 140 valence electrons. The van der Waals surface area contributed by atoms with E-state index in [-0.39, 0.29) is 0 Å². The summed E-state index contributed by atoms with van der Waals surface area (Å²) in [7, 11) is 1.70. The standard InChI is InChI=1S/C21H22ClN3O2/c1-26-20-7-3-6-19(13-20)25-10-8-24(9-11-25)14-18-15-27-21(23-18)16-4-2-5-17(22)12-16/h2-7,12-13,15H,8-11,14H2,1H3. The molecule has 1 fully saturated rings. The molecule has 0 unspecified atom stereocenters. The number of aromatic nitrogens is 1. The van der Waals surface area contributed by atoms with Crippen LogP contribution in [0.1, 0.15) is 5.69 Å². The number of hydrogen-bond acceptors (Lipinski definition) is 5. The van der Waals surface area contributed by atoms with Crippen LogP contribution in [-0.2, 0) is 6.54 Å². The van der Waals surface area contributed by atoms with E-state index >= 15 is 0 Å². The number of anilines is 1. The highest BCUT2D eigenvalue weighted by atomic mass is 35.5. The van der Waals surface area contributed by atoms with E-state index in [0.29, 0.717) is 10.9 Å². The van der Waals surface area contributed by atoms with Crippen LogP contribution in [0, 0.1) is 0 Å². The van der Waals surface area contributed by atoms with Crippen LogP contribution in [0.3, 0.4) is 0 Å². The van der Waals surface area contributed by atoms with Crippen molar-refractivity contribution in [3.05, 3.63) is 65.5 Å². The maximum atomic E-state index is 6.05. The van der Waals surface area contributed by atoms with Gasteiger partial charge in [-0.15, -0.1) is 0 Å². The van der Waals surface area contributed by atoms with Crippen molar-refractivity contribution in [2.24, 2.45) is 0 Å². The molecule has 1 aliphatic rings. The number of rotatable bonds is 5. The fraction of sp³-hybridized carbons (Fsp3) is 0.286. The molecule has 0 atom stereocenters. The highest BCUT2D eigenvalue weighted by Gasteiger charge is 2.19. The lowest BCUT2D eigenvalue weighted by molar-refractivity contribution is 0.247. The summed E-state index contributed by atoms with van der Waals surface area (Å²) >= 11 is 6.05. The molecule has 0 spiro atoms. The second-order valence-electron chi connectivity index (χ2n) is 6.62. The number of nitrogens with zero attached hydrogens (tertiary/aromatic N) is 3. The summed E-state index contributed by atoms with van der Waals surface area (Å²) in [5.41, 5.74) is 3.05. The van der Waals surface area contributed by atoms with E-state index in [4.69, 9.17) is 20.8 Å². The van der Waals surface area contributed by atoms with Gasteiger partial charge in [0.2, 0.25) is 5.89 Å². The minimum Gasteiger partial charge on any atom is -0.497 e. The van der Waals surface area contributed by atoms with Crippen LogP contribution in [0.15, 0.2) is 59.2 Å². The molecule has 3 aromatic rings. The average Bonchev–Trinajstić information content (AvgIpc) is 3.17. The molecule has 0 amide bonds. The second kappa shape index (κ2) is 8.03. The molecule has 2 aromatic carbocycles. The maximum Gasteiger partial charge on any atom is 0.226 e. The lowest BCUT2D eigenvalue weighted by Crippen LogP contribution is -2.46. The van der Waals surface area contributed by atoms with Gasteiger partial charge in [-0.3, -0.25) is 4.90 Å². The lowest BCUT2D eigenvalue weighted by atomic mass is 10.2. The van der Waals surface area contributed by atoms with Gasteiger partial charge in [0.05, 0.1) is 12.8 Å². The molecule has 5 nitrogen and oxygen atoms in total. The minimum atomic E-state index is 0.613. The number of benzene rings is 2. The monoisotopic (exact) mass is 383 g/mol. The first-order valence-electron chi connectivity index (χ1n) is 9.03. The molecule has 1 aliphatic heterocycles. The van der Waals surface area contributed by atoms with Crippen LogP contribution in [0.2, 0.25) is 5.02 Å². The fourth-order valence-electron chi connectivity index (χ4n) is 3.33. The first kappa shape index (κ1) is 17.9. The van der Waals surface area contributed by atoms with Gasteiger partial charge in [-0.25, -0.2) is 4.98 Å². The molecule has 0 N–H and O–H groups in total. The van der Waals surface area contributed by atoms with Gasteiger partial charge in [0.15, 0.2) is 0 Å². The highest BCUT2D eigenvalue weighted by Crippen LogP contribution is 2.24. The molecule has 27 heavy (non-hydrogen) atoms. The largest absolute Gasteiger partial charge is 0.497 e. The van der Waals surface area contributed by atoms with Crippen LogP contribution in [-0.4, -0.2) is 43.2 Å². The second-order valence-corrected chi connectivity index (χ2v) is 7.06. The van der Waals surface area contributed by atoms with E-state index in [0.717, 1.165) is 49.7 Å². The maximum absolute atomic E-state index is 6.05. The van der Waals surface area contributed by atoms with E-state index < -0.39 is 0 Å². The molecule has 0 radical (unpaired) electrons. The van der Waals surface area contributed by atoms with Gasteiger partial charge in [-0.1, -0.05) is 23.7 Å². The third-order valence-electron chi connectivity index (χ3n) is 4.80. The number of oxazole rings is 1. The van der Waals surface area contributed by atoms with Crippen molar-refractivity contribution >= 4 is 17.3 Å². The van der Waals surface area contributed by atoms with Gasteiger partial charge in [0.25, 0.3) is 0 Å². The normalized spacial score (nSPS) is 15.1. The zero-order chi connectivity index (χ0) is 18.6. The van der Waals surface area contributed by atoms with Crippen LogP contribution >= 0.6 is 11.6 Å². The van der Waals surface area contributed by atoms with Gasteiger partial charge >= 0.3 is 0 Å². The summed E-state index contributed by atoms with van der Waals surface area (Å²) in [6.07, 6.45) is 1.74. The Morgan fingerprint density at radius 2 is 1.89 bits per heavy atom. The minimum absolute atomic E-state index is 0.613. The van der Waals surface area contributed by atoms with E-state index in [1.165, 1.54) is 5.69 Å². The number of piperazine rings is 1. The smallest absolute Gasteiger partial charge is 0.226 e. The van der Waals surface area contributed by atoms with Crippen LogP contribution < -0.4 is 9.64 Å². The summed E-state index contributed by atoms with van der Waals surface area (Å²) in [4.78, 5) is 9.41. The Balaban J connectivity index is 1.35. The van der Waals surface area contributed by atoms with Crippen molar-refractivity contribution in [1.82, 2.24) is 9.88 Å². The predicted octanol–water partition coefficient (Wildman–Crippen LogP) is 4.33. The Kier molecular flexibility index (Phi) is 5.32. The third-order valence-corrected chi connectivity index (χ3v) is 5.03. The van der Waals surface area contributed by atoms with E-state index in [1.807, 2.05) is 36.4 Å². The molecule has 1 aromatic heterocycles. The quantitative estimate of drug-likeness (QED) is 0.656. The van der Waals surface area contributed by atoms with E-state index in [2.05, 4.69) is 26.9 Å². The van der Waals surface area contributed by atoms with Crippen molar-refractivity contribution in [3.8, 4) is 17.2 Å². The highest BCUT2D eigenvalue weighted by molar-refractivity contribution is 6.30. The SMILES string of the molecule is COc1cccc(N2CCN(Cc3coc(-c4cccc(Cl)c4)n3)CC2)c1. The summed E-state index contributed by atoms with van der Waals surface area (Å²) in [5.74, 6) is 1.51. The summed E-state index contributed by atoms with van der Waals surface area (Å²) in [6, 6.07) is 15.8. The van der Waals surface area contributed by atoms with Crippen molar-refractivity contribution in [3.63, 3.8) is 0 Å². The average molecular weight is 384 g/mol. The molecule has 0 saturated carbocycles. The van der Waals surface area contributed by atoms with Gasteiger partial charge in [-0.2, -0.15) is 0 Å². The molecule has 0 aliphatic carbocycles. The summed E-state index contributed by atoms with van der Waals surface area (Å²) in [5, 5.41) is 0.681. The van der Waals surface area contributed by atoms with Crippen molar-refractivity contribution < 1.29 is 9.15 Å². The van der Waals surface area contributed by atoms with Crippen LogP contribution in [0.5, 0.6) is 5.75 Å². The van der Waals surface area contributed by atoms with Crippen molar-refractivity contribution in [1.29, 1.82) is 0 Å². The van der Waals surface area contributed by atoms with E-state index in [1.54, 1.807) is 13.4 Å². The van der Waals surface area contributed by atoms with Crippen LogP contribution in [0.25, 0.3) is 11.5 Å². The van der Waals surface area contributed by atoms with Crippen molar-refractivity contribution in [2.45, 2.75) is 6.54 Å². The molecule has 6 heteroatoms. The van der Waals surface area contributed by atoms with Crippen LogP contribution in [0.4, 0.5) is 5.69 Å². The fourth-order valence-corrected chi connectivity index (χ4v) is 3.52. The molecular weight excluding hydrogens is 362 g/mol. The number of ether oxygens (including phenoxy) is 1. The lowest BCUT2D eigenvalue weighted by Gasteiger charge is -2.35. The molecule has 0 bridgehead atoms. The van der Waals surface area contributed by atoms with Crippen molar-refractivity contribution in [2.75, 3.05) is 38.2 Å². The topological polar surface area (TPSA) is 41.7 Å². The molecule has 1 saturated heterocycles. The Labute approximate surface area is 164 Å². The zero-order valence-electron chi connectivity index (χ0n) is 15.3. The Hall–Kier alpha value is -2.50. The Morgan fingerprint density at radius 1 is 1.07 bits per heavy atom. The zero-order valence-corrected chi connectivity index (χ0v) is 16.0. The van der Waals surface area contributed by atoms with Gasteiger partial charge in [0, 0.05) is 55.1 Å². The van der Waals surface area contributed by atoms with E-state index in [9.17, 15) is 0 Å².